The molecule has 0 saturated carbocycles. The molecule has 1 aromatic carbocycles. The number of urea groups is 1. The average Bonchev–Trinajstić information content (AvgIpc) is 2.37. The SMILES string of the molecule is CN(C(=O)N[C@@H](CCO)C(=O)O)c1cccc(F)c1. The lowest BCUT2D eigenvalue weighted by atomic mass is 10.2. The van der Waals surface area contributed by atoms with Gasteiger partial charge in [0.05, 0.1) is 0 Å². The van der Waals surface area contributed by atoms with Crippen molar-refractivity contribution in [2.45, 2.75) is 12.5 Å². The number of anilines is 1. The summed E-state index contributed by atoms with van der Waals surface area (Å²) >= 11 is 0. The summed E-state index contributed by atoms with van der Waals surface area (Å²) in [6.45, 7) is -0.360. The molecule has 0 aliphatic heterocycles. The molecule has 0 spiro atoms. The summed E-state index contributed by atoms with van der Waals surface area (Å²) in [6.07, 6.45) is -0.0991. The maximum atomic E-state index is 13.0. The van der Waals surface area contributed by atoms with E-state index in [-0.39, 0.29) is 13.0 Å². The summed E-state index contributed by atoms with van der Waals surface area (Å²) in [5.41, 5.74) is 0.297. The fourth-order valence-electron chi connectivity index (χ4n) is 1.43. The van der Waals surface area contributed by atoms with E-state index in [4.69, 9.17) is 10.2 Å². The Kier molecular flexibility index (Phi) is 5.25. The summed E-state index contributed by atoms with van der Waals surface area (Å²) in [5, 5.41) is 19.8. The number of aliphatic carboxylic acids is 1. The molecule has 7 heteroatoms. The first-order chi connectivity index (χ1) is 8.95. The number of benzene rings is 1. The zero-order valence-electron chi connectivity index (χ0n) is 10.3. The third-order valence-corrected chi connectivity index (χ3v) is 2.51. The van der Waals surface area contributed by atoms with Crippen LogP contribution in [0.25, 0.3) is 0 Å². The Morgan fingerprint density at radius 2 is 2.16 bits per heavy atom. The van der Waals surface area contributed by atoms with Gasteiger partial charge in [-0.05, 0) is 18.2 Å². The van der Waals surface area contributed by atoms with E-state index < -0.39 is 23.9 Å². The second-order valence-corrected chi connectivity index (χ2v) is 3.89. The molecule has 0 radical (unpaired) electrons. The molecule has 0 aliphatic rings. The monoisotopic (exact) mass is 270 g/mol. The van der Waals surface area contributed by atoms with Gasteiger partial charge >= 0.3 is 12.0 Å². The van der Waals surface area contributed by atoms with Crippen LogP contribution in [0.4, 0.5) is 14.9 Å². The number of carbonyl (C=O) groups is 2. The molecule has 3 N–H and O–H groups in total. The van der Waals surface area contributed by atoms with E-state index in [0.29, 0.717) is 5.69 Å². The maximum absolute atomic E-state index is 13.0. The highest BCUT2D eigenvalue weighted by Gasteiger charge is 2.21. The number of hydrogen-bond donors (Lipinski definition) is 3. The van der Waals surface area contributed by atoms with Gasteiger partial charge in [0.1, 0.15) is 11.9 Å². The Bertz CT molecular complexity index is 467. The third-order valence-electron chi connectivity index (χ3n) is 2.51. The average molecular weight is 270 g/mol. The van der Waals surface area contributed by atoms with Crippen LogP contribution in [0.1, 0.15) is 6.42 Å². The first-order valence-electron chi connectivity index (χ1n) is 5.59. The van der Waals surface area contributed by atoms with Crippen molar-refractivity contribution in [2.75, 3.05) is 18.6 Å². The number of nitrogens with one attached hydrogen (secondary N) is 1. The number of hydrogen-bond acceptors (Lipinski definition) is 3. The van der Waals surface area contributed by atoms with Gasteiger partial charge in [0.15, 0.2) is 0 Å². The molecule has 19 heavy (non-hydrogen) atoms. The van der Waals surface area contributed by atoms with Crippen molar-refractivity contribution in [2.24, 2.45) is 0 Å². The zero-order valence-corrected chi connectivity index (χ0v) is 10.3. The summed E-state index contributed by atoms with van der Waals surface area (Å²) in [4.78, 5) is 23.7. The quantitative estimate of drug-likeness (QED) is 0.738. The molecule has 0 fully saturated rings. The van der Waals surface area contributed by atoms with Gasteiger partial charge in [-0.25, -0.2) is 14.0 Å². The summed E-state index contributed by atoms with van der Waals surface area (Å²) in [5.74, 6) is -1.74. The van der Waals surface area contributed by atoms with Gasteiger partial charge < -0.3 is 15.5 Å². The van der Waals surface area contributed by atoms with E-state index in [0.717, 1.165) is 11.0 Å². The van der Waals surface area contributed by atoms with Crippen molar-refractivity contribution < 1.29 is 24.2 Å². The number of carboxylic acids is 1. The fourth-order valence-corrected chi connectivity index (χ4v) is 1.43. The van der Waals surface area contributed by atoms with Crippen LogP contribution in [0.2, 0.25) is 0 Å². The van der Waals surface area contributed by atoms with E-state index in [9.17, 15) is 14.0 Å². The van der Waals surface area contributed by atoms with Crippen molar-refractivity contribution in [3.8, 4) is 0 Å². The van der Waals surface area contributed by atoms with Crippen LogP contribution in [0.15, 0.2) is 24.3 Å². The van der Waals surface area contributed by atoms with E-state index in [1.807, 2.05) is 0 Å². The van der Waals surface area contributed by atoms with Crippen LogP contribution in [0.5, 0.6) is 0 Å². The molecule has 0 saturated heterocycles. The number of rotatable bonds is 5. The lowest BCUT2D eigenvalue weighted by Gasteiger charge is -2.21. The predicted molar refractivity (Wildman–Crippen MR) is 66.5 cm³/mol. The van der Waals surface area contributed by atoms with E-state index in [1.165, 1.54) is 25.2 Å². The van der Waals surface area contributed by atoms with Gasteiger partial charge in [0.2, 0.25) is 0 Å². The molecule has 0 aromatic heterocycles. The maximum Gasteiger partial charge on any atom is 0.326 e. The lowest BCUT2D eigenvalue weighted by Crippen LogP contribution is -2.47. The number of amides is 2. The van der Waals surface area contributed by atoms with Crippen LogP contribution in [0, 0.1) is 5.82 Å². The van der Waals surface area contributed by atoms with Gasteiger partial charge in [-0.2, -0.15) is 0 Å². The number of carboxylic acid groups (broad SMARTS) is 1. The second-order valence-electron chi connectivity index (χ2n) is 3.89. The number of halogens is 1. The number of carbonyl (C=O) groups excluding carboxylic acids is 1. The second kappa shape index (κ2) is 6.69. The Morgan fingerprint density at radius 1 is 1.47 bits per heavy atom. The van der Waals surface area contributed by atoms with Crippen LogP contribution in [-0.4, -0.2) is 41.9 Å². The molecular weight excluding hydrogens is 255 g/mol. The minimum absolute atomic E-state index is 0.0991. The highest BCUT2D eigenvalue weighted by atomic mass is 19.1. The first kappa shape index (κ1) is 14.9. The molecule has 1 atom stereocenters. The van der Waals surface area contributed by atoms with Gasteiger partial charge in [-0.15, -0.1) is 0 Å². The molecule has 2 amide bonds. The molecule has 1 aromatic rings. The lowest BCUT2D eigenvalue weighted by molar-refractivity contribution is -0.139. The Morgan fingerprint density at radius 3 is 2.68 bits per heavy atom. The van der Waals surface area contributed by atoms with Gasteiger partial charge in [0, 0.05) is 25.8 Å². The molecule has 1 rings (SSSR count). The molecule has 0 aliphatic carbocycles. The smallest absolute Gasteiger partial charge is 0.326 e. The number of nitrogens with zero attached hydrogens (tertiary/aromatic N) is 1. The van der Waals surface area contributed by atoms with Gasteiger partial charge in [-0.3, -0.25) is 4.90 Å². The van der Waals surface area contributed by atoms with E-state index >= 15 is 0 Å². The first-order valence-corrected chi connectivity index (χ1v) is 5.59. The minimum Gasteiger partial charge on any atom is -0.480 e. The van der Waals surface area contributed by atoms with Crippen molar-refractivity contribution in [1.82, 2.24) is 5.32 Å². The fraction of sp³-hybridized carbons (Fsp3) is 0.333. The van der Waals surface area contributed by atoms with Crippen LogP contribution < -0.4 is 10.2 Å². The van der Waals surface area contributed by atoms with Crippen molar-refractivity contribution >= 4 is 17.7 Å². The normalized spacial score (nSPS) is 11.7. The Balaban J connectivity index is 2.74. The molecule has 6 nitrogen and oxygen atoms in total. The van der Waals surface area contributed by atoms with Gasteiger partial charge in [0.25, 0.3) is 0 Å². The van der Waals surface area contributed by atoms with Crippen molar-refractivity contribution in [3.05, 3.63) is 30.1 Å². The topological polar surface area (TPSA) is 89.9 Å². The third kappa shape index (κ3) is 4.22. The highest BCUT2D eigenvalue weighted by molar-refractivity contribution is 5.93. The number of aliphatic hydroxyl groups excluding tert-OH is 1. The zero-order chi connectivity index (χ0) is 14.4. The number of aliphatic hydroxyl groups is 1. The summed E-state index contributed by atoms with van der Waals surface area (Å²) < 4.78 is 13.0. The summed E-state index contributed by atoms with van der Waals surface area (Å²) in [7, 11) is 1.39. The van der Waals surface area contributed by atoms with Crippen LogP contribution in [-0.2, 0) is 4.79 Å². The highest BCUT2D eigenvalue weighted by Crippen LogP contribution is 2.14. The standard InChI is InChI=1S/C12H15FN2O4/c1-15(9-4-2-3-8(13)7-9)12(19)14-10(5-6-16)11(17)18/h2-4,7,10,16H,5-6H2,1H3,(H,14,19)(H,17,18)/t10-/m0/s1. The molecule has 0 bridgehead atoms. The molecule has 0 unspecified atom stereocenters. The molecular formula is C12H15FN2O4. The Labute approximate surface area is 109 Å². The molecule has 104 valence electrons. The van der Waals surface area contributed by atoms with Gasteiger partial charge in [-0.1, -0.05) is 6.07 Å². The largest absolute Gasteiger partial charge is 0.480 e. The minimum atomic E-state index is -1.24. The van der Waals surface area contributed by atoms with Crippen LogP contribution in [0.3, 0.4) is 0 Å². The molecule has 0 heterocycles. The Hall–Kier alpha value is -2.15. The van der Waals surface area contributed by atoms with Crippen molar-refractivity contribution in [3.63, 3.8) is 0 Å². The van der Waals surface area contributed by atoms with E-state index in [1.54, 1.807) is 0 Å². The predicted octanol–water partition coefficient (Wildman–Crippen LogP) is 0.807. The van der Waals surface area contributed by atoms with Crippen molar-refractivity contribution in [1.29, 1.82) is 0 Å². The van der Waals surface area contributed by atoms with E-state index in [2.05, 4.69) is 5.32 Å². The van der Waals surface area contributed by atoms with Crippen LogP contribution >= 0.6 is 0 Å². The summed E-state index contributed by atoms with van der Waals surface area (Å²) in [6, 6.07) is 3.48.